The van der Waals surface area contributed by atoms with Crippen LogP contribution < -0.4 is 4.72 Å². The van der Waals surface area contributed by atoms with Gasteiger partial charge in [-0.2, -0.15) is 0 Å². The first-order valence-corrected chi connectivity index (χ1v) is 9.62. The van der Waals surface area contributed by atoms with E-state index in [0.717, 1.165) is 38.2 Å². The monoisotopic (exact) mass is 417 g/mol. The van der Waals surface area contributed by atoms with Gasteiger partial charge in [0.05, 0.1) is 23.4 Å². The molecular formula is C17H14ClF2NO5S. The van der Waals surface area contributed by atoms with E-state index < -0.39 is 49.0 Å². The topological polar surface area (TPSA) is 92.7 Å². The lowest BCUT2D eigenvalue weighted by atomic mass is 10.1. The molecule has 0 saturated heterocycles. The van der Waals surface area contributed by atoms with E-state index in [9.17, 15) is 27.1 Å². The quantitative estimate of drug-likeness (QED) is 0.722. The predicted molar refractivity (Wildman–Crippen MR) is 93.6 cm³/mol. The van der Waals surface area contributed by atoms with Crippen LogP contribution in [0, 0.1) is 11.6 Å². The molecule has 2 aromatic carbocycles. The van der Waals surface area contributed by atoms with Crippen LogP contribution in [0.2, 0.25) is 5.02 Å². The zero-order chi connectivity index (χ0) is 19.9. The van der Waals surface area contributed by atoms with E-state index in [2.05, 4.69) is 4.74 Å². The molecule has 1 saturated carbocycles. The van der Waals surface area contributed by atoms with Crippen molar-refractivity contribution in [1.29, 1.82) is 0 Å². The second-order valence-corrected chi connectivity index (χ2v) is 8.09. The van der Waals surface area contributed by atoms with E-state index in [1.54, 1.807) is 0 Å². The summed E-state index contributed by atoms with van der Waals surface area (Å²) in [5.74, 6) is -3.65. The highest BCUT2D eigenvalue weighted by Crippen LogP contribution is 2.43. The van der Waals surface area contributed by atoms with E-state index in [-0.39, 0.29) is 17.0 Å². The minimum atomic E-state index is -4.54. The molecule has 0 spiro atoms. The predicted octanol–water partition coefficient (Wildman–Crippen LogP) is 3.79. The number of carbonyl (C=O) groups excluding carboxylic acids is 1. The Kier molecular flexibility index (Phi) is 5.00. The number of rotatable bonds is 5. The van der Waals surface area contributed by atoms with Crippen molar-refractivity contribution >= 4 is 33.3 Å². The van der Waals surface area contributed by atoms with Crippen LogP contribution in [0.25, 0.3) is 0 Å². The number of methoxy groups -OCH3 is 1. The summed E-state index contributed by atoms with van der Waals surface area (Å²) in [4.78, 5) is 10.9. The highest BCUT2D eigenvalue weighted by Gasteiger charge is 2.30. The fourth-order valence-electron chi connectivity index (χ4n) is 2.57. The van der Waals surface area contributed by atoms with Crippen molar-refractivity contribution in [1.82, 2.24) is 0 Å². The summed E-state index contributed by atoms with van der Waals surface area (Å²) in [6, 6.07) is 3.57. The molecule has 0 amide bonds. The number of nitrogens with one attached hydrogen (secondary N) is 1. The van der Waals surface area contributed by atoms with Gasteiger partial charge >= 0.3 is 5.97 Å². The lowest BCUT2D eigenvalue weighted by Crippen LogP contribution is -2.16. The molecule has 144 valence electrons. The molecule has 6 nitrogen and oxygen atoms in total. The van der Waals surface area contributed by atoms with E-state index >= 15 is 0 Å². The molecule has 1 aliphatic carbocycles. The lowest BCUT2D eigenvalue weighted by Gasteiger charge is -2.13. The molecule has 2 aromatic rings. The van der Waals surface area contributed by atoms with Crippen LogP contribution in [0.15, 0.2) is 29.2 Å². The molecular weight excluding hydrogens is 404 g/mol. The van der Waals surface area contributed by atoms with Gasteiger partial charge in [-0.25, -0.2) is 22.0 Å². The van der Waals surface area contributed by atoms with Crippen molar-refractivity contribution in [2.75, 3.05) is 11.8 Å². The molecule has 0 aliphatic heterocycles. The van der Waals surface area contributed by atoms with Gasteiger partial charge in [0.1, 0.15) is 16.5 Å². The largest absolute Gasteiger partial charge is 0.505 e. The molecule has 2 N–H and O–H groups in total. The van der Waals surface area contributed by atoms with Crippen LogP contribution >= 0.6 is 11.6 Å². The second kappa shape index (κ2) is 6.97. The van der Waals surface area contributed by atoms with Gasteiger partial charge in [0, 0.05) is 6.07 Å². The Morgan fingerprint density at radius 2 is 1.89 bits per heavy atom. The zero-order valence-corrected chi connectivity index (χ0v) is 15.5. The molecule has 1 aliphatic rings. The standard InChI is InChI=1S/C17H14ClF2NO5S/c1-26-17(23)9-4-11(18)16(22)15(5-9)27(24,25)21-14-6-10(8-2-3-8)12(19)7-13(14)20/h4-8,21-22H,2-3H2,1H3. The van der Waals surface area contributed by atoms with E-state index in [1.807, 2.05) is 4.72 Å². The van der Waals surface area contributed by atoms with E-state index in [4.69, 9.17) is 11.6 Å². The third kappa shape index (κ3) is 3.84. The highest BCUT2D eigenvalue weighted by molar-refractivity contribution is 7.92. The van der Waals surface area contributed by atoms with Gasteiger partial charge in [0.15, 0.2) is 5.75 Å². The number of sulfonamides is 1. The van der Waals surface area contributed by atoms with Gasteiger partial charge in [-0.1, -0.05) is 11.6 Å². The molecule has 0 atom stereocenters. The first-order valence-electron chi connectivity index (χ1n) is 7.76. The number of benzene rings is 2. The second-order valence-electron chi connectivity index (χ2n) is 6.03. The number of aromatic hydroxyl groups is 1. The summed E-state index contributed by atoms with van der Waals surface area (Å²) in [5.41, 5.74) is -0.490. The fourth-order valence-corrected chi connectivity index (χ4v) is 4.04. The number of ether oxygens (including phenoxy) is 1. The number of hydrogen-bond acceptors (Lipinski definition) is 5. The Morgan fingerprint density at radius 1 is 1.22 bits per heavy atom. The van der Waals surface area contributed by atoms with Crippen LogP contribution in [0.5, 0.6) is 5.75 Å². The van der Waals surface area contributed by atoms with Gasteiger partial charge in [-0.3, -0.25) is 4.72 Å². The summed E-state index contributed by atoms with van der Waals surface area (Å²) in [6.45, 7) is 0. The number of phenolic OH excluding ortho intramolecular Hbond substituents is 1. The molecule has 10 heteroatoms. The van der Waals surface area contributed by atoms with Crippen LogP contribution in [0.1, 0.15) is 34.7 Å². The maximum Gasteiger partial charge on any atom is 0.337 e. The summed E-state index contributed by atoms with van der Waals surface area (Å²) >= 11 is 5.78. The number of phenols is 1. The van der Waals surface area contributed by atoms with Crippen LogP contribution in [-0.4, -0.2) is 26.6 Å². The fraction of sp³-hybridized carbons (Fsp3) is 0.235. The Bertz CT molecular complexity index is 1040. The van der Waals surface area contributed by atoms with Gasteiger partial charge < -0.3 is 9.84 Å². The number of anilines is 1. The Labute approximate surface area is 158 Å². The Hall–Kier alpha value is -2.39. The molecule has 0 bridgehead atoms. The van der Waals surface area contributed by atoms with Gasteiger partial charge in [-0.05, 0) is 42.5 Å². The number of esters is 1. The number of halogens is 3. The Morgan fingerprint density at radius 3 is 2.48 bits per heavy atom. The molecule has 27 heavy (non-hydrogen) atoms. The molecule has 0 heterocycles. The van der Waals surface area contributed by atoms with Crippen molar-refractivity contribution in [3.8, 4) is 5.75 Å². The summed E-state index contributed by atoms with van der Waals surface area (Å²) in [5, 5.41) is 9.59. The highest BCUT2D eigenvalue weighted by atomic mass is 35.5. The molecule has 0 radical (unpaired) electrons. The lowest BCUT2D eigenvalue weighted by molar-refractivity contribution is 0.0600. The van der Waals surface area contributed by atoms with Gasteiger partial charge in [0.25, 0.3) is 10.0 Å². The number of hydrogen-bond donors (Lipinski definition) is 2. The zero-order valence-electron chi connectivity index (χ0n) is 13.9. The Balaban J connectivity index is 2.04. The van der Waals surface area contributed by atoms with Crippen molar-refractivity contribution < 1.29 is 31.8 Å². The molecule has 1 fully saturated rings. The van der Waals surface area contributed by atoms with Crippen molar-refractivity contribution in [2.45, 2.75) is 23.7 Å². The first kappa shape index (κ1) is 19.4. The SMILES string of the molecule is COC(=O)c1cc(Cl)c(O)c(S(=O)(=O)Nc2cc(C3CC3)c(F)cc2F)c1. The molecule has 0 unspecified atom stereocenters. The van der Waals surface area contributed by atoms with E-state index in [0.29, 0.717) is 6.07 Å². The average molecular weight is 418 g/mol. The van der Waals surface area contributed by atoms with Crippen LogP contribution in [-0.2, 0) is 14.8 Å². The van der Waals surface area contributed by atoms with Gasteiger partial charge in [-0.15, -0.1) is 0 Å². The molecule has 3 rings (SSSR count). The minimum absolute atomic E-state index is 0.0839. The average Bonchev–Trinajstić information content (AvgIpc) is 3.43. The van der Waals surface area contributed by atoms with Gasteiger partial charge in [0.2, 0.25) is 0 Å². The maximum atomic E-state index is 14.1. The minimum Gasteiger partial charge on any atom is -0.505 e. The van der Waals surface area contributed by atoms with E-state index in [1.165, 1.54) is 0 Å². The van der Waals surface area contributed by atoms with Crippen LogP contribution in [0.3, 0.4) is 0 Å². The van der Waals surface area contributed by atoms with Crippen molar-refractivity contribution in [3.05, 3.63) is 52.0 Å². The number of carbonyl (C=O) groups is 1. The van der Waals surface area contributed by atoms with Crippen molar-refractivity contribution in [3.63, 3.8) is 0 Å². The smallest absolute Gasteiger partial charge is 0.337 e. The summed E-state index contributed by atoms with van der Waals surface area (Å²) < 4.78 is 59.6. The normalized spacial score (nSPS) is 14.1. The van der Waals surface area contributed by atoms with Crippen LogP contribution in [0.4, 0.5) is 14.5 Å². The van der Waals surface area contributed by atoms with Crippen molar-refractivity contribution in [2.24, 2.45) is 0 Å². The third-order valence-electron chi connectivity index (χ3n) is 4.09. The summed E-state index contributed by atoms with van der Waals surface area (Å²) in [6.07, 6.45) is 1.46. The maximum absolute atomic E-state index is 14.1. The molecule has 0 aromatic heterocycles. The summed E-state index contributed by atoms with van der Waals surface area (Å²) in [7, 11) is -3.46. The third-order valence-corrected chi connectivity index (χ3v) is 5.75. The first-order chi connectivity index (χ1) is 12.6.